The van der Waals surface area contributed by atoms with E-state index >= 15 is 0 Å². The Kier molecular flexibility index (Phi) is 4.68. The van der Waals surface area contributed by atoms with Gasteiger partial charge in [-0.1, -0.05) is 6.92 Å². The summed E-state index contributed by atoms with van der Waals surface area (Å²) in [5, 5.41) is -0.365. The number of benzene rings is 1. The second-order valence-corrected chi connectivity index (χ2v) is 4.59. The highest BCUT2D eigenvalue weighted by Crippen LogP contribution is 2.14. The molecule has 1 unspecified atom stereocenters. The first-order valence-corrected chi connectivity index (χ1v) is 5.63. The van der Waals surface area contributed by atoms with Crippen molar-refractivity contribution in [3.63, 3.8) is 0 Å². The summed E-state index contributed by atoms with van der Waals surface area (Å²) in [7, 11) is 0. The summed E-state index contributed by atoms with van der Waals surface area (Å²) >= 11 is 7.52. The van der Waals surface area contributed by atoms with Crippen LogP contribution >= 0.6 is 34.2 Å². The van der Waals surface area contributed by atoms with E-state index in [1.165, 1.54) is 0 Å². The second kappa shape index (κ2) is 5.56. The monoisotopic (exact) mass is 324 g/mol. The number of halogens is 2. The first-order chi connectivity index (χ1) is 6.59. The average Bonchev–Trinajstić information content (AvgIpc) is 2.16. The number of rotatable bonds is 4. The lowest BCUT2D eigenvalue weighted by atomic mass is 10.2. The summed E-state index contributed by atoms with van der Waals surface area (Å²) in [5.41, 5.74) is 0. The zero-order chi connectivity index (χ0) is 10.6. The number of ether oxygens (including phenoxy) is 1. The summed E-state index contributed by atoms with van der Waals surface area (Å²) in [5.74, 6) is 0.492. The molecule has 0 saturated heterocycles. The number of carbonyl (C=O) groups excluding carboxylic acids is 1. The van der Waals surface area contributed by atoms with Crippen LogP contribution < -0.4 is 4.74 Å². The minimum absolute atomic E-state index is 0.268. The molecule has 1 atom stereocenters. The summed E-state index contributed by atoms with van der Waals surface area (Å²) in [4.78, 5) is 10.7. The van der Waals surface area contributed by atoms with Crippen molar-refractivity contribution in [3.8, 4) is 5.75 Å². The fourth-order valence-electron chi connectivity index (χ4n) is 0.818. The van der Waals surface area contributed by atoms with Crippen molar-refractivity contribution in [2.24, 2.45) is 5.92 Å². The predicted molar refractivity (Wildman–Crippen MR) is 64.7 cm³/mol. The Balaban J connectivity index is 2.46. The Morgan fingerprint density at radius 3 is 2.57 bits per heavy atom. The van der Waals surface area contributed by atoms with E-state index in [9.17, 15) is 4.79 Å². The molecule has 1 aromatic carbocycles. The maximum absolute atomic E-state index is 10.7. The standard InChI is InChI=1S/C10H10ClIO2/c1-7(10(11)13)6-14-9-4-2-8(12)3-5-9/h2-5,7H,6H2,1H3. The summed E-state index contributed by atoms with van der Waals surface area (Å²) in [6.07, 6.45) is 0. The van der Waals surface area contributed by atoms with Gasteiger partial charge in [-0.25, -0.2) is 0 Å². The maximum atomic E-state index is 10.7. The molecule has 0 saturated carbocycles. The van der Waals surface area contributed by atoms with Gasteiger partial charge >= 0.3 is 0 Å². The number of hydrogen-bond donors (Lipinski definition) is 0. The van der Waals surface area contributed by atoms with Gasteiger partial charge in [0.1, 0.15) is 5.75 Å². The molecule has 4 heteroatoms. The molecule has 0 radical (unpaired) electrons. The van der Waals surface area contributed by atoms with Gasteiger partial charge in [0.2, 0.25) is 5.24 Å². The van der Waals surface area contributed by atoms with E-state index in [0.717, 1.165) is 9.32 Å². The minimum atomic E-state index is -0.365. The van der Waals surface area contributed by atoms with Crippen LogP contribution in [0.15, 0.2) is 24.3 Å². The van der Waals surface area contributed by atoms with Crippen molar-refractivity contribution in [2.75, 3.05) is 6.61 Å². The zero-order valence-electron chi connectivity index (χ0n) is 7.67. The van der Waals surface area contributed by atoms with Gasteiger partial charge in [-0.3, -0.25) is 4.79 Å². The molecule has 0 heterocycles. The van der Waals surface area contributed by atoms with Crippen molar-refractivity contribution >= 4 is 39.4 Å². The van der Waals surface area contributed by atoms with Crippen LogP contribution in [-0.4, -0.2) is 11.8 Å². The highest BCUT2D eigenvalue weighted by molar-refractivity contribution is 14.1. The van der Waals surface area contributed by atoms with E-state index in [0.29, 0.717) is 6.61 Å². The molecule has 0 amide bonds. The molecule has 0 aliphatic heterocycles. The van der Waals surface area contributed by atoms with Gasteiger partial charge in [-0.05, 0) is 58.5 Å². The number of carbonyl (C=O) groups is 1. The third-order valence-electron chi connectivity index (χ3n) is 1.70. The lowest BCUT2D eigenvalue weighted by Gasteiger charge is -2.08. The lowest BCUT2D eigenvalue weighted by molar-refractivity contribution is -0.115. The third-order valence-corrected chi connectivity index (χ3v) is 2.79. The molecule has 0 N–H and O–H groups in total. The maximum Gasteiger partial charge on any atom is 0.227 e. The van der Waals surface area contributed by atoms with Crippen LogP contribution in [0, 0.1) is 9.49 Å². The van der Waals surface area contributed by atoms with Gasteiger partial charge in [-0.15, -0.1) is 0 Å². The molecular weight excluding hydrogens is 314 g/mol. The van der Waals surface area contributed by atoms with Gasteiger partial charge in [0.15, 0.2) is 0 Å². The van der Waals surface area contributed by atoms with E-state index in [-0.39, 0.29) is 11.2 Å². The quantitative estimate of drug-likeness (QED) is 0.628. The van der Waals surface area contributed by atoms with E-state index < -0.39 is 0 Å². The summed E-state index contributed by atoms with van der Waals surface area (Å²) in [6.45, 7) is 2.06. The highest BCUT2D eigenvalue weighted by atomic mass is 127. The van der Waals surface area contributed by atoms with Gasteiger partial charge in [0, 0.05) is 3.57 Å². The first-order valence-electron chi connectivity index (χ1n) is 4.17. The fraction of sp³-hybridized carbons (Fsp3) is 0.300. The third kappa shape index (κ3) is 3.84. The van der Waals surface area contributed by atoms with Crippen molar-refractivity contribution < 1.29 is 9.53 Å². The molecule has 2 nitrogen and oxygen atoms in total. The smallest absolute Gasteiger partial charge is 0.227 e. The van der Waals surface area contributed by atoms with E-state index in [1.807, 2.05) is 24.3 Å². The molecule has 0 fully saturated rings. The highest BCUT2D eigenvalue weighted by Gasteiger charge is 2.10. The Morgan fingerprint density at radius 2 is 2.07 bits per heavy atom. The predicted octanol–water partition coefficient (Wildman–Crippen LogP) is 3.07. The molecule has 76 valence electrons. The molecule has 0 aliphatic carbocycles. The molecule has 1 rings (SSSR count). The molecular formula is C10H10ClIO2. The van der Waals surface area contributed by atoms with Crippen molar-refractivity contribution in [3.05, 3.63) is 27.8 Å². The van der Waals surface area contributed by atoms with E-state index in [2.05, 4.69) is 22.6 Å². The molecule has 14 heavy (non-hydrogen) atoms. The van der Waals surface area contributed by atoms with Crippen LogP contribution in [0.4, 0.5) is 0 Å². The Bertz CT molecular complexity index is 310. The molecule has 0 bridgehead atoms. The SMILES string of the molecule is CC(COc1ccc(I)cc1)C(=O)Cl. The Labute approximate surface area is 102 Å². The molecule has 1 aromatic rings. The minimum Gasteiger partial charge on any atom is -0.493 e. The van der Waals surface area contributed by atoms with Crippen molar-refractivity contribution in [1.82, 2.24) is 0 Å². The van der Waals surface area contributed by atoms with Crippen LogP contribution in [0.25, 0.3) is 0 Å². The normalized spacial score (nSPS) is 12.2. The van der Waals surface area contributed by atoms with Crippen LogP contribution in [0.5, 0.6) is 5.75 Å². The fourth-order valence-corrected chi connectivity index (χ4v) is 1.24. The lowest BCUT2D eigenvalue weighted by Crippen LogP contribution is -2.14. The van der Waals surface area contributed by atoms with Crippen molar-refractivity contribution in [1.29, 1.82) is 0 Å². The van der Waals surface area contributed by atoms with Gasteiger partial charge < -0.3 is 4.74 Å². The van der Waals surface area contributed by atoms with Crippen LogP contribution in [0.3, 0.4) is 0 Å². The van der Waals surface area contributed by atoms with Gasteiger partial charge in [0.25, 0.3) is 0 Å². The summed E-state index contributed by atoms with van der Waals surface area (Å²) in [6, 6.07) is 7.63. The molecule has 0 spiro atoms. The average molecular weight is 325 g/mol. The topological polar surface area (TPSA) is 26.3 Å². The van der Waals surface area contributed by atoms with Gasteiger partial charge in [0.05, 0.1) is 12.5 Å². The van der Waals surface area contributed by atoms with E-state index in [4.69, 9.17) is 16.3 Å². The zero-order valence-corrected chi connectivity index (χ0v) is 10.6. The Morgan fingerprint density at radius 1 is 1.50 bits per heavy atom. The molecule has 0 aromatic heterocycles. The van der Waals surface area contributed by atoms with Crippen molar-refractivity contribution in [2.45, 2.75) is 6.92 Å². The van der Waals surface area contributed by atoms with Crippen LogP contribution in [0.1, 0.15) is 6.92 Å². The number of hydrogen-bond acceptors (Lipinski definition) is 2. The summed E-state index contributed by atoms with van der Waals surface area (Å²) < 4.78 is 6.52. The largest absolute Gasteiger partial charge is 0.493 e. The van der Waals surface area contributed by atoms with E-state index in [1.54, 1.807) is 6.92 Å². The molecule has 0 aliphatic rings. The van der Waals surface area contributed by atoms with Crippen LogP contribution in [0.2, 0.25) is 0 Å². The van der Waals surface area contributed by atoms with Gasteiger partial charge in [-0.2, -0.15) is 0 Å². The van der Waals surface area contributed by atoms with Crippen LogP contribution in [-0.2, 0) is 4.79 Å². The second-order valence-electron chi connectivity index (χ2n) is 2.97. The Hall–Kier alpha value is -0.290. The first kappa shape index (κ1) is 11.8.